The monoisotopic (exact) mass is 393 g/mol. The lowest BCUT2D eigenvalue weighted by molar-refractivity contribution is -0.141. The van der Waals surface area contributed by atoms with E-state index in [1.54, 1.807) is 24.3 Å². The standard InChI is InChI=1S/C20H18F3NO2S/c1-3-13-10-16(14-4-7-17(8-5-14)27(2,25)26)11-18(13)15-6-9-19(24-12-15)20(21,22)23/h4-12,16H,3H2,1-2H3. The van der Waals surface area contributed by atoms with Gasteiger partial charge in [-0.3, -0.25) is 4.98 Å². The Morgan fingerprint density at radius 3 is 2.19 bits per heavy atom. The molecule has 2 aromatic rings. The number of rotatable bonds is 4. The Morgan fingerprint density at radius 2 is 1.70 bits per heavy atom. The summed E-state index contributed by atoms with van der Waals surface area (Å²) in [4.78, 5) is 3.79. The van der Waals surface area contributed by atoms with E-state index in [2.05, 4.69) is 4.98 Å². The number of sulfone groups is 1. The third-order valence-electron chi connectivity index (χ3n) is 4.51. The van der Waals surface area contributed by atoms with Crippen LogP contribution in [0.1, 0.15) is 36.1 Å². The second-order valence-electron chi connectivity index (χ2n) is 6.42. The summed E-state index contributed by atoms with van der Waals surface area (Å²) in [7, 11) is -3.26. The Kier molecular flexibility index (Phi) is 4.99. The highest BCUT2D eigenvalue weighted by Crippen LogP contribution is 2.39. The highest BCUT2D eigenvalue weighted by molar-refractivity contribution is 7.90. The maximum absolute atomic E-state index is 12.7. The Morgan fingerprint density at radius 1 is 1.04 bits per heavy atom. The molecule has 1 atom stereocenters. The molecule has 3 rings (SSSR count). The number of pyridine rings is 1. The number of hydrogen-bond donors (Lipinski definition) is 0. The quantitative estimate of drug-likeness (QED) is 0.733. The zero-order valence-corrected chi connectivity index (χ0v) is 15.6. The van der Waals surface area contributed by atoms with Gasteiger partial charge < -0.3 is 0 Å². The molecule has 27 heavy (non-hydrogen) atoms. The second-order valence-corrected chi connectivity index (χ2v) is 8.44. The van der Waals surface area contributed by atoms with E-state index >= 15 is 0 Å². The molecule has 1 heterocycles. The number of alkyl halides is 3. The zero-order valence-electron chi connectivity index (χ0n) is 14.8. The van der Waals surface area contributed by atoms with Crippen LogP contribution in [0.15, 0.2) is 65.2 Å². The Bertz CT molecular complexity index is 1000. The summed E-state index contributed by atoms with van der Waals surface area (Å²) in [5.41, 5.74) is 2.51. The lowest BCUT2D eigenvalue weighted by atomic mass is 10.00. The summed E-state index contributed by atoms with van der Waals surface area (Å²) in [6.45, 7) is 1.98. The van der Waals surface area contributed by atoms with E-state index in [0.29, 0.717) is 5.56 Å². The van der Waals surface area contributed by atoms with Gasteiger partial charge in [0, 0.05) is 23.9 Å². The van der Waals surface area contributed by atoms with Crippen LogP contribution in [0.25, 0.3) is 5.57 Å². The van der Waals surface area contributed by atoms with E-state index in [4.69, 9.17) is 0 Å². The normalized spacial score (nSPS) is 17.6. The molecule has 0 saturated carbocycles. The molecular formula is C20H18F3NO2S. The molecule has 1 aliphatic carbocycles. The molecule has 1 unspecified atom stereocenters. The Labute approximate surface area is 156 Å². The average molecular weight is 393 g/mol. The van der Waals surface area contributed by atoms with Crippen molar-refractivity contribution in [2.24, 2.45) is 0 Å². The third-order valence-corrected chi connectivity index (χ3v) is 5.64. The van der Waals surface area contributed by atoms with Gasteiger partial charge in [-0.1, -0.05) is 37.3 Å². The molecule has 0 bridgehead atoms. The molecular weight excluding hydrogens is 375 g/mol. The first kappa shape index (κ1) is 19.4. The van der Waals surface area contributed by atoms with Crippen LogP contribution in [0.5, 0.6) is 0 Å². The summed E-state index contributed by atoms with van der Waals surface area (Å²) in [6.07, 6.45) is 2.68. The van der Waals surface area contributed by atoms with Crippen LogP contribution in [-0.2, 0) is 16.0 Å². The molecule has 0 radical (unpaired) electrons. The smallest absolute Gasteiger partial charge is 0.251 e. The number of hydrogen-bond acceptors (Lipinski definition) is 3. The minimum absolute atomic E-state index is 0.0640. The molecule has 3 nitrogen and oxygen atoms in total. The van der Waals surface area contributed by atoms with E-state index in [0.717, 1.165) is 35.5 Å². The molecule has 1 aliphatic rings. The highest BCUT2D eigenvalue weighted by Gasteiger charge is 2.32. The molecule has 1 aromatic heterocycles. The van der Waals surface area contributed by atoms with Gasteiger partial charge in [-0.15, -0.1) is 0 Å². The molecule has 7 heteroatoms. The Balaban J connectivity index is 1.92. The van der Waals surface area contributed by atoms with E-state index in [-0.39, 0.29) is 10.8 Å². The van der Waals surface area contributed by atoms with Crippen molar-refractivity contribution in [1.29, 1.82) is 0 Å². The van der Waals surface area contributed by atoms with Gasteiger partial charge in [0.05, 0.1) is 4.90 Å². The molecule has 0 fully saturated rings. The first-order chi connectivity index (χ1) is 12.6. The molecule has 1 aromatic carbocycles. The van der Waals surface area contributed by atoms with E-state index in [1.807, 2.05) is 19.1 Å². The number of allylic oxidation sites excluding steroid dienone is 4. The van der Waals surface area contributed by atoms with Crippen LogP contribution in [0.3, 0.4) is 0 Å². The van der Waals surface area contributed by atoms with Crippen molar-refractivity contribution in [2.45, 2.75) is 30.3 Å². The molecule has 0 aliphatic heterocycles. The van der Waals surface area contributed by atoms with E-state index in [9.17, 15) is 21.6 Å². The number of benzene rings is 1. The lowest BCUT2D eigenvalue weighted by Gasteiger charge is -2.09. The van der Waals surface area contributed by atoms with Crippen LogP contribution in [0.4, 0.5) is 13.2 Å². The van der Waals surface area contributed by atoms with Crippen molar-refractivity contribution in [3.05, 3.63) is 77.1 Å². The maximum Gasteiger partial charge on any atom is 0.433 e. The number of aromatic nitrogens is 1. The average Bonchev–Trinajstić information content (AvgIpc) is 3.05. The maximum atomic E-state index is 12.7. The lowest BCUT2D eigenvalue weighted by Crippen LogP contribution is -2.07. The van der Waals surface area contributed by atoms with E-state index < -0.39 is 21.7 Å². The second kappa shape index (κ2) is 6.96. The summed E-state index contributed by atoms with van der Waals surface area (Å²) >= 11 is 0. The van der Waals surface area contributed by atoms with Crippen LogP contribution < -0.4 is 0 Å². The van der Waals surface area contributed by atoms with Crippen molar-refractivity contribution in [3.8, 4) is 0 Å². The molecule has 0 saturated heterocycles. The van der Waals surface area contributed by atoms with Gasteiger partial charge >= 0.3 is 6.18 Å². The Hall–Kier alpha value is -2.41. The molecule has 142 valence electrons. The topological polar surface area (TPSA) is 47.0 Å². The SMILES string of the molecule is CCC1=CC(c2ccc(S(C)(=O)=O)cc2)C=C1c1ccc(C(F)(F)F)nc1. The summed E-state index contributed by atoms with van der Waals surface area (Å²) in [5.74, 6) is -0.0640. The first-order valence-corrected chi connectivity index (χ1v) is 10.2. The van der Waals surface area contributed by atoms with E-state index in [1.165, 1.54) is 12.3 Å². The molecule has 0 amide bonds. The van der Waals surface area contributed by atoms with Crippen LogP contribution in [-0.4, -0.2) is 19.7 Å². The van der Waals surface area contributed by atoms with Crippen LogP contribution in [0.2, 0.25) is 0 Å². The van der Waals surface area contributed by atoms with Crippen molar-refractivity contribution >= 4 is 15.4 Å². The van der Waals surface area contributed by atoms with Crippen molar-refractivity contribution in [2.75, 3.05) is 6.26 Å². The summed E-state index contributed by atoms with van der Waals surface area (Å²) in [5, 5.41) is 0. The minimum Gasteiger partial charge on any atom is -0.251 e. The van der Waals surface area contributed by atoms with Gasteiger partial charge in [0.15, 0.2) is 9.84 Å². The summed E-state index contributed by atoms with van der Waals surface area (Å²) in [6, 6.07) is 9.06. The number of halogens is 3. The number of nitrogens with zero attached hydrogens (tertiary/aromatic N) is 1. The van der Waals surface area contributed by atoms with Gasteiger partial charge in [-0.2, -0.15) is 13.2 Å². The zero-order chi connectivity index (χ0) is 19.8. The predicted octanol–water partition coefficient (Wildman–Crippen LogP) is 5.02. The molecule has 0 spiro atoms. The summed E-state index contributed by atoms with van der Waals surface area (Å²) < 4.78 is 61.3. The van der Waals surface area contributed by atoms with Crippen molar-refractivity contribution in [1.82, 2.24) is 4.98 Å². The van der Waals surface area contributed by atoms with Gasteiger partial charge in [-0.05, 0) is 41.3 Å². The van der Waals surface area contributed by atoms with Gasteiger partial charge in [-0.25, -0.2) is 8.42 Å². The van der Waals surface area contributed by atoms with Gasteiger partial charge in [0.1, 0.15) is 5.69 Å². The van der Waals surface area contributed by atoms with Crippen LogP contribution >= 0.6 is 0 Å². The largest absolute Gasteiger partial charge is 0.433 e. The predicted molar refractivity (Wildman–Crippen MR) is 97.9 cm³/mol. The first-order valence-electron chi connectivity index (χ1n) is 8.36. The minimum atomic E-state index is -4.46. The fraction of sp³-hybridized carbons (Fsp3) is 0.250. The third kappa shape index (κ3) is 4.13. The molecule has 0 N–H and O–H groups in total. The van der Waals surface area contributed by atoms with Gasteiger partial charge in [0.25, 0.3) is 0 Å². The van der Waals surface area contributed by atoms with Gasteiger partial charge in [0.2, 0.25) is 0 Å². The van der Waals surface area contributed by atoms with Crippen molar-refractivity contribution in [3.63, 3.8) is 0 Å². The fourth-order valence-corrected chi connectivity index (χ4v) is 3.71. The fourth-order valence-electron chi connectivity index (χ4n) is 3.08. The highest BCUT2D eigenvalue weighted by atomic mass is 32.2. The van der Waals surface area contributed by atoms with Crippen LogP contribution in [0, 0.1) is 0 Å². The van der Waals surface area contributed by atoms with Crippen molar-refractivity contribution < 1.29 is 21.6 Å².